The fourth-order valence-electron chi connectivity index (χ4n) is 2.23. The van der Waals surface area contributed by atoms with Gasteiger partial charge >= 0.3 is 0 Å². The van der Waals surface area contributed by atoms with Crippen molar-refractivity contribution in [3.05, 3.63) is 64.7 Å². The maximum Gasteiger partial charge on any atom is 0.255 e. The summed E-state index contributed by atoms with van der Waals surface area (Å²) in [5.74, 6) is -0.252. The SMILES string of the molecule is Cc1ccc(C(=O)NCc2ccc(C(C)(C)C)cc2)c(O)c1. The highest BCUT2D eigenvalue weighted by Crippen LogP contribution is 2.22. The fourth-order valence-corrected chi connectivity index (χ4v) is 2.23. The molecule has 0 fully saturated rings. The minimum atomic E-state index is -0.266. The lowest BCUT2D eigenvalue weighted by molar-refractivity contribution is 0.0948. The number of aromatic hydroxyl groups is 1. The van der Waals surface area contributed by atoms with E-state index in [1.165, 1.54) is 5.56 Å². The van der Waals surface area contributed by atoms with Crippen molar-refractivity contribution in [2.75, 3.05) is 0 Å². The number of aryl methyl sites for hydroxylation is 1. The summed E-state index contributed by atoms with van der Waals surface area (Å²) in [6.07, 6.45) is 0. The summed E-state index contributed by atoms with van der Waals surface area (Å²) in [6.45, 7) is 8.83. The van der Waals surface area contributed by atoms with Gasteiger partial charge in [-0.3, -0.25) is 4.79 Å². The first-order valence-corrected chi connectivity index (χ1v) is 7.44. The fraction of sp³-hybridized carbons (Fsp3) is 0.316. The van der Waals surface area contributed by atoms with Crippen molar-refractivity contribution in [3.8, 4) is 5.75 Å². The molecule has 0 aliphatic carbocycles. The van der Waals surface area contributed by atoms with Gasteiger partial charge in [-0.1, -0.05) is 51.1 Å². The predicted octanol–water partition coefficient (Wildman–Crippen LogP) is 3.93. The van der Waals surface area contributed by atoms with E-state index < -0.39 is 0 Å². The zero-order chi connectivity index (χ0) is 16.3. The van der Waals surface area contributed by atoms with Gasteiger partial charge < -0.3 is 10.4 Å². The van der Waals surface area contributed by atoms with Crippen molar-refractivity contribution < 1.29 is 9.90 Å². The van der Waals surface area contributed by atoms with Crippen LogP contribution in [0.4, 0.5) is 0 Å². The van der Waals surface area contributed by atoms with Gasteiger partial charge in [0.15, 0.2) is 0 Å². The Morgan fingerprint density at radius 3 is 2.27 bits per heavy atom. The molecule has 1 amide bonds. The van der Waals surface area contributed by atoms with Gasteiger partial charge in [-0.2, -0.15) is 0 Å². The highest BCUT2D eigenvalue weighted by atomic mass is 16.3. The number of hydrogen-bond acceptors (Lipinski definition) is 2. The lowest BCUT2D eigenvalue weighted by atomic mass is 9.87. The second-order valence-corrected chi connectivity index (χ2v) is 6.65. The summed E-state index contributed by atoms with van der Waals surface area (Å²) in [5, 5.41) is 12.7. The van der Waals surface area contributed by atoms with Crippen LogP contribution in [0.5, 0.6) is 5.75 Å². The minimum Gasteiger partial charge on any atom is -0.507 e. The third-order valence-corrected chi connectivity index (χ3v) is 3.67. The number of amides is 1. The zero-order valence-corrected chi connectivity index (χ0v) is 13.6. The van der Waals surface area contributed by atoms with Crippen LogP contribution in [-0.2, 0) is 12.0 Å². The quantitative estimate of drug-likeness (QED) is 0.902. The molecule has 2 rings (SSSR count). The number of phenolic OH excluding ortho intramolecular Hbond substituents is 1. The van der Waals surface area contributed by atoms with Gasteiger partial charge in [-0.15, -0.1) is 0 Å². The molecule has 2 aromatic carbocycles. The maximum atomic E-state index is 12.1. The number of rotatable bonds is 3. The van der Waals surface area contributed by atoms with Gasteiger partial charge in [-0.25, -0.2) is 0 Å². The van der Waals surface area contributed by atoms with Crippen molar-refractivity contribution in [2.24, 2.45) is 0 Å². The van der Waals surface area contributed by atoms with E-state index in [-0.39, 0.29) is 17.1 Å². The van der Waals surface area contributed by atoms with Crippen LogP contribution in [0.1, 0.15) is 47.8 Å². The first kappa shape index (κ1) is 16.1. The maximum absolute atomic E-state index is 12.1. The van der Waals surface area contributed by atoms with Gasteiger partial charge in [0.2, 0.25) is 0 Å². The Hall–Kier alpha value is -2.29. The summed E-state index contributed by atoms with van der Waals surface area (Å²) in [7, 11) is 0. The Balaban J connectivity index is 2.02. The highest BCUT2D eigenvalue weighted by molar-refractivity contribution is 5.96. The molecule has 0 aliphatic heterocycles. The molecule has 116 valence electrons. The Bertz CT molecular complexity index is 667. The van der Waals surface area contributed by atoms with Gasteiger partial charge in [0, 0.05) is 6.54 Å². The first-order valence-electron chi connectivity index (χ1n) is 7.44. The van der Waals surface area contributed by atoms with E-state index >= 15 is 0 Å². The molecular formula is C19H23NO2. The molecule has 0 saturated carbocycles. The van der Waals surface area contributed by atoms with E-state index in [1.54, 1.807) is 12.1 Å². The summed E-state index contributed by atoms with van der Waals surface area (Å²) in [5.41, 5.74) is 3.64. The number of nitrogens with one attached hydrogen (secondary N) is 1. The molecule has 0 aliphatic rings. The van der Waals surface area contributed by atoms with Gasteiger partial charge in [0.25, 0.3) is 5.91 Å². The number of hydrogen-bond donors (Lipinski definition) is 2. The summed E-state index contributed by atoms with van der Waals surface area (Å²) in [4.78, 5) is 12.1. The minimum absolute atomic E-state index is 0.0144. The standard InChI is InChI=1S/C19H23NO2/c1-13-5-10-16(17(21)11-13)18(22)20-12-14-6-8-15(9-7-14)19(2,3)4/h5-11,21H,12H2,1-4H3,(H,20,22). The van der Waals surface area contributed by atoms with E-state index in [1.807, 2.05) is 25.1 Å². The van der Waals surface area contributed by atoms with E-state index in [2.05, 4.69) is 38.2 Å². The van der Waals surface area contributed by atoms with E-state index in [9.17, 15) is 9.90 Å². The predicted molar refractivity (Wildman–Crippen MR) is 89.2 cm³/mol. The summed E-state index contributed by atoms with van der Waals surface area (Å²) >= 11 is 0. The zero-order valence-electron chi connectivity index (χ0n) is 13.6. The molecule has 0 spiro atoms. The van der Waals surface area contributed by atoms with Crippen LogP contribution in [0.15, 0.2) is 42.5 Å². The van der Waals surface area contributed by atoms with Gasteiger partial charge in [0.05, 0.1) is 5.56 Å². The Labute approximate surface area is 132 Å². The summed E-state index contributed by atoms with van der Waals surface area (Å²) in [6, 6.07) is 13.3. The molecular weight excluding hydrogens is 274 g/mol. The van der Waals surface area contributed by atoms with E-state index in [0.717, 1.165) is 11.1 Å². The Kier molecular flexibility index (Phi) is 4.55. The molecule has 2 N–H and O–H groups in total. The Morgan fingerprint density at radius 1 is 1.09 bits per heavy atom. The molecule has 0 bridgehead atoms. The number of carbonyl (C=O) groups excluding carboxylic acids is 1. The molecule has 0 atom stereocenters. The van der Waals surface area contributed by atoms with Crippen molar-refractivity contribution in [1.29, 1.82) is 0 Å². The second-order valence-electron chi connectivity index (χ2n) is 6.65. The van der Waals surface area contributed by atoms with Crippen LogP contribution in [0.3, 0.4) is 0 Å². The van der Waals surface area contributed by atoms with Crippen LogP contribution < -0.4 is 5.32 Å². The van der Waals surface area contributed by atoms with Crippen LogP contribution >= 0.6 is 0 Å². The normalized spacial score (nSPS) is 11.3. The smallest absolute Gasteiger partial charge is 0.255 e. The van der Waals surface area contributed by atoms with Crippen molar-refractivity contribution in [3.63, 3.8) is 0 Å². The molecule has 22 heavy (non-hydrogen) atoms. The molecule has 0 radical (unpaired) electrons. The average Bonchev–Trinajstić information content (AvgIpc) is 2.44. The van der Waals surface area contributed by atoms with Gasteiger partial charge in [0.1, 0.15) is 5.75 Å². The first-order chi connectivity index (χ1) is 10.3. The van der Waals surface area contributed by atoms with Crippen LogP contribution in [-0.4, -0.2) is 11.0 Å². The molecule has 3 heteroatoms. The van der Waals surface area contributed by atoms with E-state index in [0.29, 0.717) is 12.1 Å². The molecule has 0 unspecified atom stereocenters. The van der Waals surface area contributed by atoms with E-state index in [4.69, 9.17) is 0 Å². The van der Waals surface area contributed by atoms with Crippen molar-refractivity contribution >= 4 is 5.91 Å². The third kappa shape index (κ3) is 3.88. The molecule has 2 aromatic rings. The van der Waals surface area contributed by atoms with Crippen LogP contribution in [0, 0.1) is 6.92 Å². The molecule has 0 saturated heterocycles. The van der Waals surface area contributed by atoms with Gasteiger partial charge in [-0.05, 0) is 41.2 Å². The topological polar surface area (TPSA) is 49.3 Å². The largest absolute Gasteiger partial charge is 0.507 e. The van der Waals surface area contributed by atoms with Crippen LogP contribution in [0.2, 0.25) is 0 Å². The third-order valence-electron chi connectivity index (χ3n) is 3.67. The molecule has 0 heterocycles. The number of benzene rings is 2. The monoisotopic (exact) mass is 297 g/mol. The lowest BCUT2D eigenvalue weighted by Crippen LogP contribution is -2.23. The van der Waals surface area contributed by atoms with Crippen molar-refractivity contribution in [2.45, 2.75) is 39.7 Å². The lowest BCUT2D eigenvalue weighted by Gasteiger charge is -2.19. The van der Waals surface area contributed by atoms with Crippen molar-refractivity contribution in [1.82, 2.24) is 5.32 Å². The average molecular weight is 297 g/mol. The second kappa shape index (κ2) is 6.22. The van der Waals surface area contributed by atoms with Crippen LogP contribution in [0.25, 0.3) is 0 Å². The Morgan fingerprint density at radius 2 is 1.73 bits per heavy atom. The summed E-state index contributed by atoms with van der Waals surface area (Å²) < 4.78 is 0. The number of carbonyl (C=O) groups is 1. The number of phenols is 1. The highest BCUT2D eigenvalue weighted by Gasteiger charge is 2.13. The molecule has 0 aromatic heterocycles. The molecule has 3 nitrogen and oxygen atoms in total.